The van der Waals surface area contributed by atoms with E-state index in [1.54, 1.807) is 17.6 Å². The number of hydrazone groups is 1. The van der Waals surface area contributed by atoms with Crippen molar-refractivity contribution < 1.29 is 9.53 Å². The Balaban J connectivity index is 1.67. The number of amides is 1. The topological polar surface area (TPSA) is 50.7 Å². The third kappa shape index (κ3) is 5.80. The number of thiophene rings is 1. The fraction of sp³-hybridized carbons (Fsp3) is 0.294. The number of halogens is 1. The van der Waals surface area contributed by atoms with Crippen molar-refractivity contribution in [1.29, 1.82) is 0 Å². The van der Waals surface area contributed by atoms with E-state index in [1.165, 1.54) is 5.56 Å². The first-order chi connectivity index (χ1) is 11.1. The molecule has 1 heterocycles. The monoisotopic (exact) mass is 394 g/mol. The second-order valence-electron chi connectivity index (χ2n) is 5.15. The second kappa shape index (κ2) is 8.84. The van der Waals surface area contributed by atoms with Crippen LogP contribution in [0.3, 0.4) is 0 Å². The summed E-state index contributed by atoms with van der Waals surface area (Å²) in [6, 6.07) is 7.94. The first kappa shape index (κ1) is 17.7. The Kier molecular flexibility index (Phi) is 6.80. The minimum absolute atomic E-state index is 0.109. The average molecular weight is 395 g/mol. The van der Waals surface area contributed by atoms with Gasteiger partial charge in [0.15, 0.2) is 0 Å². The lowest BCUT2D eigenvalue weighted by Gasteiger charge is -2.08. The van der Waals surface area contributed by atoms with Gasteiger partial charge in [-0.3, -0.25) is 4.79 Å². The molecule has 1 N–H and O–H groups in total. The summed E-state index contributed by atoms with van der Waals surface area (Å²) in [6.45, 7) is 4.53. The van der Waals surface area contributed by atoms with Crippen molar-refractivity contribution in [2.45, 2.75) is 26.7 Å². The number of ether oxygens (including phenoxy) is 1. The van der Waals surface area contributed by atoms with Gasteiger partial charge in [0.05, 0.1) is 17.3 Å². The van der Waals surface area contributed by atoms with Crippen molar-refractivity contribution in [2.75, 3.05) is 6.61 Å². The standard InChI is InChI=1S/C17H19BrN2O2S/c1-12-5-6-15(14(18)10-12)22-8-3-4-17(21)20-19-11-16-13(2)7-9-23-16/h5-7,9-11H,3-4,8H2,1-2H3,(H,20,21)/b19-11+. The molecule has 1 aromatic heterocycles. The van der Waals surface area contributed by atoms with Gasteiger partial charge in [-0.15, -0.1) is 11.3 Å². The molecule has 2 aromatic rings. The molecule has 6 heteroatoms. The number of benzene rings is 1. The molecule has 0 unspecified atom stereocenters. The highest BCUT2D eigenvalue weighted by atomic mass is 79.9. The normalized spacial score (nSPS) is 10.9. The van der Waals surface area contributed by atoms with Crippen LogP contribution in [0, 0.1) is 13.8 Å². The van der Waals surface area contributed by atoms with Crippen LogP contribution in [0.2, 0.25) is 0 Å². The van der Waals surface area contributed by atoms with E-state index in [2.05, 4.69) is 26.5 Å². The lowest BCUT2D eigenvalue weighted by Crippen LogP contribution is -2.18. The maximum atomic E-state index is 11.7. The molecule has 0 atom stereocenters. The van der Waals surface area contributed by atoms with Crippen LogP contribution in [0.15, 0.2) is 39.2 Å². The largest absolute Gasteiger partial charge is 0.492 e. The van der Waals surface area contributed by atoms with Gasteiger partial charge >= 0.3 is 0 Å². The van der Waals surface area contributed by atoms with Gasteiger partial charge < -0.3 is 4.74 Å². The zero-order valence-corrected chi connectivity index (χ0v) is 15.5. The van der Waals surface area contributed by atoms with Gasteiger partial charge in [0.25, 0.3) is 0 Å². The Morgan fingerprint density at radius 3 is 2.91 bits per heavy atom. The summed E-state index contributed by atoms with van der Waals surface area (Å²) in [5.41, 5.74) is 4.86. The lowest BCUT2D eigenvalue weighted by atomic mass is 10.2. The van der Waals surface area contributed by atoms with E-state index in [0.29, 0.717) is 19.4 Å². The molecular weight excluding hydrogens is 376 g/mol. The van der Waals surface area contributed by atoms with Crippen LogP contribution in [-0.2, 0) is 4.79 Å². The second-order valence-corrected chi connectivity index (χ2v) is 6.95. The van der Waals surface area contributed by atoms with Gasteiger partial charge in [-0.05, 0) is 70.9 Å². The summed E-state index contributed by atoms with van der Waals surface area (Å²) in [5.74, 6) is 0.684. The molecule has 23 heavy (non-hydrogen) atoms. The molecular formula is C17H19BrN2O2S. The number of nitrogens with one attached hydrogen (secondary N) is 1. The van der Waals surface area contributed by atoms with Gasteiger partial charge in [-0.2, -0.15) is 5.10 Å². The SMILES string of the molecule is Cc1ccc(OCCCC(=O)N/N=C/c2sccc2C)c(Br)c1. The molecule has 4 nitrogen and oxygen atoms in total. The highest BCUT2D eigenvalue weighted by molar-refractivity contribution is 9.10. The van der Waals surface area contributed by atoms with E-state index in [0.717, 1.165) is 20.7 Å². The first-order valence-electron chi connectivity index (χ1n) is 7.31. The molecule has 0 radical (unpaired) electrons. The minimum Gasteiger partial charge on any atom is -0.492 e. The van der Waals surface area contributed by atoms with E-state index in [1.807, 2.05) is 43.5 Å². The highest BCUT2D eigenvalue weighted by Gasteiger charge is 2.03. The van der Waals surface area contributed by atoms with Gasteiger partial charge in [0.1, 0.15) is 5.75 Å². The van der Waals surface area contributed by atoms with Crippen molar-refractivity contribution in [3.05, 3.63) is 50.1 Å². The van der Waals surface area contributed by atoms with Crippen LogP contribution in [0.25, 0.3) is 0 Å². The molecule has 0 aliphatic rings. The highest BCUT2D eigenvalue weighted by Crippen LogP contribution is 2.25. The van der Waals surface area contributed by atoms with Crippen LogP contribution in [-0.4, -0.2) is 18.7 Å². The predicted octanol–water partition coefficient (Wildman–Crippen LogP) is 4.44. The molecule has 2 rings (SSSR count). The molecule has 0 fully saturated rings. The van der Waals surface area contributed by atoms with Crippen LogP contribution < -0.4 is 10.2 Å². The smallest absolute Gasteiger partial charge is 0.240 e. The van der Waals surface area contributed by atoms with Gasteiger partial charge in [-0.1, -0.05) is 6.07 Å². The first-order valence-corrected chi connectivity index (χ1v) is 8.98. The number of hydrogen-bond donors (Lipinski definition) is 1. The molecule has 0 spiro atoms. The number of hydrogen-bond acceptors (Lipinski definition) is 4. The Morgan fingerprint density at radius 2 is 2.22 bits per heavy atom. The maximum absolute atomic E-state index is 11.7. The molecule has 1 amide bonds. The fourth-order valence-corrected chi connectivity index (χ4v) is 3.27. The van der Waals surface area contributed by atoms with Crippen molar-refractivity contribution in [1.82, 2.24) is 5.43 Å². The van der Waals surface area contributed by atoms with Gasteiger partial charge in [0.2, 0.25) is 5.91 Å². The van der Waals surface area contributed by atoms with Gasteiger partial charge in [0, 0.05) is 11.3 Å². The number of rotatable bonds is 7. The van der Waals surface area contributed by atoms with Crippen molar-refractivity contribution in [3.63, 3.8) is 0 Å². The third-order valence-corrected chi connectivity index (χ3v) is 4.74. The summed E-state index contributed by atoms with van der Waals surface area (Å²) < 4.78 is 6.59. The molecule has 122 valence electrons. The predicted molar refractivity (Wildman–Crippen MR) is 98.4 cm³/mol. The summed E-state index contributed by atoms with van der Waals surface area (Å²) >= 11 is 5.06. The summed E-state index contributed by atoms with van der Waals surface area (Å²) in [4.78, 5) is 12.7. The van der Waals surface area contributed by atoms with Gasteiger partial charge in [-0.25, -0.2) is 5.43 Å². The number of carbonyl (C=O) groups excluding carboxylic acids is 1. The maximum Gasteiger partial charge on any atom is 0.240 e. The van der Waals surface area contributed by atoms with E-state index in [4.69, 9.17) is 4.74 Å². The van der Waals surface area contributed by atoms with E-state index >= 15 is 0 Å². The van der Waals surface area contributed by atoms with Crippen molar-refractivity contribution in [2.24, 2.45) is 5.10 Å². The molecule has 1 aromatic carbocycles. The number of aryl methyl sites for hydroxylation is 2. The van der Waals surface area contributed by atoms with Crippen molar-refractivity contribution >= 4 is 39.4 Å². The Morgan fingerprint density at radius 1 is 1.39 bits per heavy atom. The van der Waals surface area contributed by atoms with Crippen LogP contribution in [0.1, 0.15) is 28.8 Å². The van der Waals surface area contributed by atoms with Crippen LogP contribution in [0.5, 0.6) is 5.75 Å². The lowest BCUT2D eigenvalue weighted by molar-refractivity contribution is -0.121. The van der Waals surface area contributed by atoms with Crippen LogP contribution >= 0.6 is 27.3 Å². The van der Waals surface area contributed by atoms with Crippen LogP contribution in [0.4, 0.5) is 0 Å². The average Bonchev–Trinajstić information content (AvgIpc) is 2.91. The Bertz CT molecular complexity index is 698. The molecule has 0 saturated carbocycles. The number of carbonyl (C=O) groups is 1. The van der Waals surface area contributed by atoms with E-state index in [-0.39, 0.29) is 5.91 Å². The third-order valence-electron chi connectivity index (χ3n) is 3.17. The molecule has 0 aliphatic carbocycles. The quantitative estimate of drug-likeness (QED) is 0.428. The molecule has 0 saturated heterocycles. The summed E-state index contributed by atoms with van der Waals surface area (Å²) in [6.07, 6.45) is 2.70. The molecule has 0 aliphatic heterocycles. The van der Waals surface area contributed by atoms with E-state index < -0.39 is 0 Å². The summed E-state index contributed by atoms with van der Waals surface area (Å²) in [5, 5.41) is 5.97. The number of nitrogens with zero attached hydrogens (tertiary/aromatic N) is 1. The summed E-state index contributed by atoms with van der Waals surface area (Å²) in [7, 11) is 0. The zero-order chi connectivity index (χ0) is 16.7. The fourth-order valence-electron chi connectivity index (χ4n) is 1.87. The van der Waals surface area contributed by atoms with E-state index in [9.17, 15) is 4.79 Å². The molecule has 0 bridgehead atoms. The minimum atomic E-state index is -0.109. The Labute approximate surface area is 148 Å². The Hall–Kier alpha value is -1.66. The van der Waals surface area contributed by atoms with Crippen molar-refractivity contribution in [3.8, 4) is 5.75 Å². The zero-order valence-electron chi connectivity index (χ0n) is 13.1.